The maximum atomic E-state index is 11.8. The van der Waals surface area contributed by atoms with E-state index in [2.05, 4.69) is 10.6 Å². The van der Waals surface area contributed by atoms with Crippen LogP contribution in [0.15, 0.2) is 18.2 Å². The van der Waals surface area contributed by atoms with Gasteiger partial charge in [0, 0.05) is 11.2 Å². The van der Waals surface area contributed by atoms with Gasteiger partial charge in [0.2, 0.25) is 5.91 Å². The van der Waals surface area contributed by atoms with Crippen molar-refractivity contribution in [1.82, 2.24) is 5.32 Å². The number of aromatic carboxylic acids is 2. The van der Waals surface area contributed by atoms with Gasteiger partial charge < -0.3 is 20.8 Å². The number of carbonyl (C=O) groups excluding carboxylic acids is 1. The van der Waals surface area contributed by atoms with E-state index in [0.29, 0.717) is 0 Å². The third-order valence-electron chi connectivity index (χ3n) is 2.49. The Hall–Kier alpha value is -2.41. The molecule has 0 saturated heterocycles. The molecule has 1 aromatic rings. The van der Waals surface area contributed by atoms with E-state index >= 15 is 0 Å². The number of hydrogen-bond acceptors (Lipinski definition) is 4. The van der Waals surface area contributed by atoms with Gasteiger partial charge in [-0.1, -0.05) is 0 Å². The van der Waals surface area contributed by atoms with Gasteiger partial charge in [-0.2, -0.15) is 0 Å². The van der Waals surface area contributed by atoms with Crippen LogP contribution in [0.1, 0.15) is 41.5 Å². The molecule has 1 amide bonds. The Kier molecular flexibility index (Phi) is 5.04. The zero-order valence-electron chi connectivity index (χ0n) is 12.1. The molecule has 0 fully saturated rings. The van der Waals surface area contributed by atoms with Gasteiger partial charge in [-0.15, -0.1) is 0 Å². The van der Waals surface area contributed by atoms with Crippen LogP contribution in [0.2, 0.25) is 0 Å². The van der Waals surface area contributed by atoms with Crippen molar-refractivity contribution in [2.24, 2.45) is 0 Å². The highest BCUT2D eigenvalue weighted by atomic mass is 16.4. The van der Waals surface area contributed by atoms with Gasteiger partial charge in [0.1, 0.15) is 0 Å². The molecule has 0 atom stereocenters. The number of hydrogen-bond donors (Lipinski definition) is 4. The fourth-order valence-corrected chi connectivity index (χ4v) is 1.50. The van der Waals surface area contributed by atoms with Crippen LogP contribution >= 0.6 is 0 Å². The first kappa shape index (κ1) is 16.6. The number of benzene rings is 1. The highest BCUT2D eigenvalue weighted by Crippen LogP contribution is 2.15. The Morgan fingerprint density at radius 2 is 1.48 bits per heavy atom. The summed E-state index contributed by atoms with van der Waals surface area (Å²) < 4.78 is 0. The fraction of sp³-hybridized carbons (Fsp3) is 0.357. The van der Waals surface area contributed by atoms with Crippen LogP contribution < -0.4 is 10.6 Å². The molecule has 7 heteroatoms. The summed E-state index contributed by atoms with van der Waals surface area (Å²) in [4.78, 5) is 33.7. The summed E-state index contributed by atoms with van der Waals surface area (Å²) in [6.07, 6.45) is 0. The summed E-state index contributed by atoms with van der Waals surface area (Å²) in [6, 6.07) is 3.46. The number of carboxylic acids is 2. The molecular formula is C14H18N2O5. The molecule has 0 radical (unpaired) electrons. The predicted molar refractivity (Wildman–Crippen MR) is 76.7 cm³/mol. The molecule has 0 unspecified atom stereocenters. The highest BCUT2D eigenvalue weighted by Gasteiger charge is 2.14. The lowest BCUT2D eigenvalue weighted by Gasteiger charge is -2.20. The van der Waals surface area contributed by atoms with E-state index < -0.39 is 11.9 Å². The van der Waals surface area contributed by atoms with E-state index in [1.807, 2.05) is 20.8 Å². The van der Waals surface area contributed by atoms with Crippen LogP contribution in [-0.4, -0.2) is 40.1 Å². The van der Waals surface area contributed by atoms with Crippen molar-refractivity contribution in [3.63, 3.8) is 0 Å². The lowest BCUT2D eigenvalue weighted by atomic mass is 10.1. The number of carbonyl (C=O) groups is 3. The van der Waals surface area contributed by atoms with Crippen LogP contribution in [0.3, 0.4) is 0 Å². The van der Waals surface area contributed by atoms with Crippen molar-refractivity contribution in [2.75, 3.05) is 11.9 Å². The molecule has 1 aromatic carbocycles. The Morgan fingerprint density at radius 1 is 1.00 bits per heavy atom. The first-order valence-corrected chi connectivity index (χ1v) is 6.25. The summed E-state index contributed by atoms with van der Waals surface area (Å²) in [5, 5.41) is 23.3. The topological polar surface area (TPSA) is 116 Å². The minimum absolute atomic E-state index is 0.0310. The van der Waals surface area contributed by atoms with Crippen molar-refractivity contribution in [2.45, 2.75) is 26.3 Å². The van der Waals surface area contributed by atoms with E-state index in [1.54, 1.807) is 0 Å². The molecule has 0 bridgehead atoms. The molecule has 0 aliphatic rings. The van der Waals surface area contributed by atoms with Crippen LogP contribution in [-0.2, 0) is 4.79 Å². The summed E-state index contributed by atoms with van der Waals surface area (Å²) in [6.45, 7) is 5.72. The van der Waals surface area contributed by atoms with Gasteiger partial charge in [0.25, 0.3) is 0 Å². The number of amides is 1. The van der Waals surface area contributed by atoms with Gasteiger partial charge in [-0.3, -0.25) is 4.79 Å². The largest absolute Gasteiger partial charge is 0.478 e. The predicted octanol–water partition coefficient (Wildman–Crippen LogP) is 1.41. The van der Waals surface area contributed by atoms with Crippen molar-refractivity contribution in [3.8, 4) is 0 Å². The van der Waals surface area contributed by atoms with Crippen LogP contribution in [0, 0.1) is 0 Å². The maximum Gasteiger partial charge on any atom is 0.335 e. The molecule has 0 aromatic heterocycles. The first-order valence-electron chi connectivity index (χ1n) is 6.25. The van der Waals surface area contributed by atoms with Gasteiger partial charge in [-0.05, 0) is 39.0 Å². The van der Waals surface area contributed by atoms with E-state index in [-0.39, 0.29) is 34.8 Å². The summed E-state index contributed by atoms with van der Waals surface area (Å²) in [5.74, 6) is -2.91. The molecule has 0 aliphatic heterocycles. The second-order valence-corrected chi connectivity index (χ2v) is 5.56. The lowest BCUT2D eigenvalue weighted by molar-refractivity contribution is -0.115. The Morgan fingerprint density at radius 3 is 1.86 bits per heavy atom. The molecule has 7 nitrogen and oxygen atoms in total. The Bertz CT molecular complexity index is 543. The van der Waals surface area contributed by atoms with Crippen molar-refractivity contribution < 1.29 is 24.6 Å². The van der Waals surface area contributed by atoms with Gasteiger partial charge in [0.05, 0.1) is 17.7 Å². The summed E-state index contributed by atoms with van der Waals surface area (Å²) in [5.41, 5.74) is -0.511. The molecule has 21 heavy (non-hydrogen) atoms. The minimum Gasteiger partial charge on any atom is -0.478 e. The van der Waals surface area contributed by atoms with Gasteiger partial charge in [0.15, 0.2) is 0 Å². The third-order valence-corrected chi connectivity index (χ3v) is 2.49. The average molecular weight is 294 g/mol. The van der Waals surface area contributed by atoms with Crippen molar-refractivity contribution in [1.29, 1.82) is 0 Å². The van der Waals surface area contributed by atoms with Gasteiger partial charge >= 0.3 is 11.9 Å². The quantitative estimate of drug-likeness (QED) is 0.652. The third kappa shape index (κ3) is 5.62. The van der Waals surface area contributed by atoms with Crippen molar-refractivity contribution in [3.05, 3.63) is 29.3 Å². The standard InChI is InChI=1S/C14H18N2O5/c1-14(2,3)15-7-11(17)16-10-5-8(12(18)19)4-9(6-10)13(20)21/h4-6,15H,7H2,1-3H3,(H,16,17)(H,18,19)(H,20,21). The summed E-state index contributed by atoms with van der Waals surface area (Å²) >= 11 is 0. The second-order valence-electron chi connectivity index (χ2n) is 5.56. The fourth-order valence-electron chi connectivity index (χ4n) is 1.50. The molecule has 114 valence electrons. The first-order chi connectivity index (χ1) is 9.58. The number of carboxylic acid groups (broad SMARTS) is 2. The number of rotatable bonds is 5. The minimum atomic E-state index is -1.26. The van der Waals surface area contributed by atoms with E-state index in [0.717, 1.165) is 6.07 Å². The van der Waals surface area contributed by atoms with Crippen LogP contribution in [0.25, 0.3) is 0 Å². The second kappa shape index (κ2) is 6.36. The van der Waals surface area contributed by atoms with Crippen LogP contribution in [0.4, 0.5) is 5.69 Å². The van der Waals surface area contributed by atoms with E-state index in [9.17, 15) is 14.4 Å². The zero-order valence-corrected chi connectivity index (χ0v) is 12.1. The molecule has 0 spiro atoms. The highest BCUT2D eigenvalue weighted by molar-refractivity contribution is 5.98. The maximum absolute atomic E-state index is 11.8. The molecule has 4 N–H and O–H groups in total. The van der Waals surface area contributed by atoms with E-state index in [4.69, 9.17) is 10.2 Å². The molecule has 0 heterocycles. The smallest absolute Gasteiger partial charge is 0.335 e. The monoisotopic (exact) mass is 294 g/mol. The lowest BCUT2D eigenvalue weighted by Crippen LogP contribution is -2.41. The van der Waals surface area contributed by atoms with Crippen LogP contribution in [0.5, 0.6) is 0 Å². The average Bonchev–Trinajstić information content (AvgIpc) is 2.35. The molecule has 0 saturated carbocycles. The Labute approximate surface area is 122 Å². The molecule has 1 rings (SSSR count). The van der Waals surface area contributed by atoms with Crippen molar-refractivity contribution >= 4 is 23.5 Å². The molecular weight excluding hydrogens is 276 g/mol. The SMILES string of the molecule is CC(C)(C)NCC(=O)Nc1cc(C(=O)O)cc(C(=O)O)c1. The number of anilines is 1. The zero-order chi connectivity index (χ0) is 16.2. The summed E-state index contributed by atoms with van der Waals surface area (Å²) in [7, 11) is 0. The molecule has 0 aliphatic carbocycles. The Balaban J connectivity index is 2.89. The number of nitrogens with one attached hydrogen (secondary N) is 2. The van der Waals surface area contributed by atoms with Gasteiger partial charge in [-0.25, -0.2) is 9.59 Å². The normalized spacial score (nSPS) is 11.0. The van der Waals surface area contributed by atoms with E-state index in [1.165, 1.54) is 12.1 Å².